The number of benzene rings is 3. The van der Waals surface area contributed by atoms with E-state index in [1.807, 2.05) is 55.5 Å². The number of aryl methyl sites for hydroxylation is 1. The number of hydrogen-bond donors (Lipinski definition) is 1. The van der Waals surface area contributed by atoms with Crippen molar-refractivity contribution in [3.05, 3.63) is 131 Å². The van der Waals surface area contributed by atoms with Crippen LogP contribution in [0.2, 0.25) is 0 Å². The Hall–Kier alpha value is -4.58. The van der Waals surface area contributed by atoms with Crippen molar-refractivity contribution in [3.63, 3.8) is 0 Å². The molecule has 1 aromatic heterocycles. The number of nitrogens with zero attached hydrogens (tertiary/aromatic N) is 1. The van der Waals surface area contributed by atoms with Gasteiger partial charge in [-0.05, 0) is 54.4 Å². The summed E-state index contributed by atoms with van der Waals surface area (Å²) in [5.74, 6) is -0.458. The number of carbonyl (C=O) groups excluding carboxylic acids is 2. The van der Waals surface area contributed by atoms with Gasteiger partial charge >= 0.3 is 0 Å². The summed E-state index contributed by atoms with van der Waals surface area (Å²) in [6.07, 6.45) is 1.52. The number of carbonyl (C=O) groups is 2. The Bertz CT molecular complexity index is 1410. The molecular weight excluding hydrogens is 454 g/mol. The van der Waals surface area contributed by atoms with Crippen LogP contribution >= 0.6 is 0 Å². The standard InChI is InChI=1S/C30H25NO5/c1-20-7-5-8-21(17-20)19-36-24-14-12-23(13-15-24)28(32)26-27(22-9-3-2-4-10-22)31(30(34)29(26)33)18-25-11-6-16-35-25/h2-17,27,32H,18-19H2,1H3/b28-26+/t27-/m0/s1. The fraction of sp³-hybridized carbons (Fsp3) is 0.133. The van der Waals surface area contributed by atoms with Gasteiger partial charge in [0.1, 0.15) is 23.9 Å². The molecule has 1 fully saturated rings. The van der Waals surface area contributed by atoms with E-state index in [1.165, 1.54) is 11.2 Å². The van der Waals surface area contributed by atoms with Crippen molar-refractivity contribution >= 4 is 17.4 Å². The smallest absolute Gasteiger partial charge is 0.296 e. The molecule has 1 aliphatic heterocycles. The Morgan fingerprint density at radius 3 is 2.42 bits per heavy atom. The number of furan rings is 1. The molecular formula is C30H25NO5. The minimum atomic E-state index is -0.742. The van der Waals surface area contributed by atoms with Gasteiger partial charge in [-0.25, -0.2) is 0 Å². The predicted molar refractivity (Wildman–Crippen MR) is 135 cm³/mol. The van der Waals surface area contributed by atoms with E-state index in [-0.39, 0.29) is 17.9 Å². The maximum absolute atomic E-state index is 13.1. The summed E-state index contributed by atoms with van der Waals surface area (Å²) in [4.78, 5) is 27.6. The number of likely N-dealkylation sites (tertiary alicyclic amines) is 1. The highest BCUT2D eigenvalue weighted by atomic mass is 16.5. The van der Waals surface area contributed by atoms with Gasteiger partial charge < -0.3 is 19.2 Å². The van der Waals surface area contributed by atoms with Crippen LogP contribution in [-0.2, 0) is 22.7 Å². The number of rotatable bonds is 7. The second kappa shape index (κ2) is 9.96. The largest absolute Gasteiger partial charge is 0.507 e. The molecule has 5 rings (SSSR count). The molecule has 1 amide bonds. The SMILES string of the molecule is Cc1cccc(COc2ccc(/C(O)=C3\C(=O)C(=O)N(Cc4ccco4)[C@H]3c3ccccc3)cc2)c1. The normalized spacial score (nSPS) is 16.9. The molecule has 1 atom stereocenters. The molecule has 0 bridgehead atoms. The molecule has 6 heteroatoms. The van der Waals surface area contributed by atoms with E-state index in [4.69, 9.17) is 9.15 Å². The molecule has 1 saturated heterocycles. The van der Waals surface area contributed by atoms with E-state index >= 15 is 0 Å². The van der Waals surface area contributed by atoms with Gasteiger partial charge in [0.15, 0.2) is 0 Å². The first-order valence-corrected chi connectivity index (χ1v) is 11.7. The van der Waals surface area contributed by atoms with Crippen molar-refractivity contribution in [2.45, 2.75) is 26.1 Å². The fourth-order valence-corrected chi connectivity index (χ4v) is 4.43. The molecule has 0 spiro atoms. The topological polar surface area (TPSA) is 80.0 Å². The van der Waals surface area contributed by atoms with Crippen molar-refractivity contribution in [3.8, 4) is 5.75 Å². The highest BCUT2D eigenvalue weighted by Gasteiger charge is 2.46. The van der Waals surface area contributed by atoms with Crippen LogP contribution in [0.15, 0.2) is 107 Å². The van der Waals surface area contributed by atoms with Crippen LogP contribution in [0.5, 0.6) is 5.75 Å². The first-order chi connectivity index (χ1) is 17.5. The van der Waals surface area contributed by atoms with Crippen molar-refractivity contribution in [2.24, 2.45) is 0 Å². The maximum Gasteiger partial charge on any atom is 0.296 e. The van der Waals surface area contributed by atoms with Crippen LogP contribution in [0, 0.1) is 6.92 Å². The minimum Gasteiger partial charge on any atom is -0.507 e. The zero-order chi connectivity index (χ0) is 25.1. The van der Waals surface area contributed by atoms with Crippen LogP contribution in [0.1, 0.15) is 34.1 Å². The Morgan fingerprint density at radius 2 is 1.72 bits per heavy atom. The minimum absolute atomic E-state index is 0.0474. The number of hydrogen-bond acceptors (Lipinski definition) is 5. The Labute approximate surface area is 209 Å². The van der Waals surface area contributed by atoms with Gasteiger partial charge in [-0.3, -0.25) is 9.59 Å². The summed E-state index contributed by atoms with van der Waals surface area (Å²) >= 11 is 0. The first-order valence-electron chi connectivity index (χ1n) is 11.7. The Morgan fingerprint density at radius 1 is 0.944 bits per heavy atom. The lowest BCUT2D eigenvalue weighted by molar-refractivity contribution is -0.140. The molecule has 0 radical (unpaired) electrons. The van der Waals surface area contributed by atoms with Gasteiger partial charge in [0, 0.05) is 5.56 Å². The predicted octanol–water partition coefficient (Wildman–Crippen LogP) is 5.79. The molecule has 0 saturated carbocycles. The lowest BCUT2D eigenvalue weighted by Gasteiger charge is -2.24. The van der Waals surface area contributed by atoms with E-state index in [0.29, 0.717) is 23.7 Å². The van der Waals surface area contributed by atoms with Crippen molar-refractivity contribution in [1.29, 1.82) is 0 Å². The van der Waals surface area contributed by atoms with Crippen LogP contribution in [0.3, 0.4) is 0 Å². The van der Waals surface area contributed by atoms with Crippen molar-refractivity contribution in [1.82, 2.24) is 4.90 Å². The third-order valence-corrected chi connectivity index (χ3v) is 6.18. The van der Waals surface area contributed by atoms with Crippen molar-refractivity contribution in [2.75, 3.05) is 0 Å². The quantitative estimate of drug-likeness (QED) is 0.206. The van der Waals surface area contributed by atoms with Gasteiger partial charge in [-0.1, -0.05) is 60.2 Å². The number of aliphatic hydroxyl groups excluding tert-OH is 1. The zero-order valence-electron chi connectivity index (χ0n) is 19.8. The molecule has 1 N–H and O–H groups in total. The van der Waals surface area contributed by atoms with E-state index in [9.17, 15) is 14.7 Å². The van der Waals surface area contributed by atoms with Crippen LogP contribution < -0.4 is 4.74 Å². The van der Waals surface area contributed by atoms with Gasteiger partial charge in [-0.2, -0.15) is 0 Å². The third-order valence-electron chi connectivity index (χ3n) is 6.18. The number of ether oxygens (including phenoxy) is 1. The summed E-state index contributed by atoms with van der Waals surface area (Å²) in [7, 11) is 0. The molecule has 36 heavy (non-hydrogen) atoms. The van der Waals surface area contributed by atoms with Crippen molar-refractivity contribution < 1.29 is 23.8 Å². The molecule has 2 heterocycles. The van der Waals surface area contributed by atoms with Crippen LogP contribution in [-0.4, -0.2) is 21.7 Å². The summed E-state index contributed by atoms with van der Waals surface area (Å²) in [5.41, 5.74) is 3.42. The second-order valence-electron chi connectivity index (χ2n) is 8.72. The maximum atomic E-state index is 13.1. The van der Waals surface area contributed by atoms with E-state index in [0.717, 1.165) is 16.7 Å². The van der Waals surface area contributed by atoms with Gasteiger partial charge in [0.05, 0.1) is 24.4 Å². The highest BCUT2D eigenvalue weighted by Crippen LogP contribution is 2.40. The molecule has 3 aromatic carbocycles. The summed E-state index contributed by atoms with van der Waals surface area (Å²) < 4.78 is 11.3. The van der Waals surface area contributed by atoms with Crippen LogP contribution in [0.4, 0.5) is 0 Å². The number of ketones is 1. The fourth-order valence-electron chi connectivity index (χ4n) is 4.43. The summed E-state index contributed by atoms with van der Waals surface area (Å²) in [6, 6.07) is 26.8. The third kappa shape index (κ3) is 4.66. The molecule has 6 nitrogen and oxygen atoms in total. The monoisotopic (exact) mass is 479 g/mol. The molecule has 0 unspecified atom stereocenters. The van der Waals surface area contributed by atoms with Gasteiger partial charge in [0.2, 0.25) is 0 Å². The van der Waals surface area contributed by atoms with Crippen LogP contribution in [0.25, 0.3) is 5.76 Å². The van der Waals surface area contributed by atoms with Gasteiger partial charge in [0.25, 0.3) is 11.7 Å². The van der Waals surface area contributed by atoms with E-state index in [2.05, 4.69) is 6.07 Å². The van der Waals surface area contributed by atoms with Gasteiger partial charge in [-0.15, -0.1) is 0 Å². The lowest BCUT2D eigenvalue weighted by atomic mass is 9.95. The zero-order valence-corrected chi connectivity index (χ0v) is 19.8. The number of aliphatic hydroxyl groups is 1. The second-order valence-corrected chi connectivity index (χ2v) is 8.72. The van der Waals surface area contributed by atoms with E-state index < -0.39 is 17.7 Å². The lowest BCUT2D eigenvalue weighted by Crippen LogP contribution is -2.29. The Balaban J connectivity index is 1.45. The molecule has 1 aliphatic rings. The number of amides is 1. The Kier molecular flexibility index (Phi) is 6.41. The average molecular weight is 480 g/mol. The average Bonchev–Trinajstić information content (AvgIpc) is 3.50. The number of Topliss-reactive ketones (excluding diaryl/α,β-unsaturated/α-hetero) is 1. The summed E-state index contributed by atoms with van der Waals surface area (Å²) in [6.45, 7) is 2.56. The molecule has 0 aliphatic carbocycles. The summed E-state index contributed by atoms with van der Waals surface area (Å²) in [5, 5.41) is 11.2. The first kappa shape index (κ1) is 23.2. The highest BCUT2D eigenvalue weighted by molar-refractivity contribution is 6.46. The molecule has 4 aromatic rings. The molecule has 180 valence electrons. The van der Waals surface area contributed by atoms with E-state index in [1.54, 1.807) is 36.4 Å².